The molecule has 3 rings (SSSR count). The smallest absolute Gasteiger partial charge is 0.411 e. The van der Waals surface area contributed by atoms with Gasteiger partial charge in [-0.3, -0.25) is 5.32 Å². The minimum Gasteiger partial charge on any atom is -0.457 e. The first-order chi connectivity index (χ1) is 17.3. The molecule has 6 heteroatoms. The topological polar surface area (TPSA) is 50.8 Å². The second-order valence-corrected chi connectivity index (χ2v) is 12.2. The molecule has 0 saturated carbocycles. The van der Waals surface area contributed by atoms with Gasteiger partial charge >= 0.3 is 6.09 Å². The zero-order valence-corrected chi connectivity index (χ0v) is 24.8. The third-order valence-electron chi connectivity index (χ3n) is 9.03. The van der Waals surface area contributed by atoms with Crippen molar-refractivity contribution in [2.24, 2.45) is 11.3 Å². The van der Waals surface area contributed by atoms with Crippen LogP contribution in [0.5, 0.6) is 11.5 Å². The Labute approximate surface area is 228 Å². The highest BCUT2D eigenvalue weighted by Crippen LogP contribution is 2.48. The predicted molar refractivity (Wildman–Crippen MR) is 153 cm³/mol. The normalized spacial score (nSPS) is 18.4. The fourth-order valence-electron chi connectivity index (χ4n) is 5.19. The van der Waals surface area contributed by atoms with Gasteiger partial charge in [0.2, 0.25) is 0 Å². The molecule has 0 aliphatic carbocycles. The van der Waals surface area contributed by atoms with Gasteiger partial charge in [-0.15, -0.1) is 0 Å². The fraction of sp³-hybridized carbons (Fsp3) is 0.581. The number of carbonyl (C=O) groups excluding carboxylic acids is 1. The minimum atomic E-state index is -0.461. The first-order valence-electron chi connectivity index (χ1n) is 13.5. The number of halogens is 1. The Morgan fingerprint density at radius 2 is 1.70 bits per heavy atom. The molecule has 0 fully saturated rings. The molecule has 1 heterocycles. The molecule has 3 atom stereocenters. The molecule has 0 saturated heterocycles. The van der Waals surface area contributed by atoms with E-state index in [1.165, 1.54) is 5.56 Å². The van der Waals surface area contributed by atoms with Crippen LogP contribution in [-0.4, -0.2) is 36.4 Å². The Morgan fingerprint density at radius 1 is 1.05 bits per heavy atom. The number of hydrogen-bond donors (Lipinski definition) is 1. The van der Waals surface area contributed by atoms with Crippen molar-refractivity contribution in [1.29, 1.82) is 0 Å². The lowest BCUT2D eigenvalue weighted by molar-refractivity contribution is -0.0181. The molecule has 1 aliphatic heterocycles. The fourth-order valence-corrected chi connectivity index (χ4v) is 5.37. The first-order valence-corrected chi connectivity index (χ1v) is 13.9. The number of hydrogen-bond acceptors (Lipinski definition) is 4. The van der Waals surface area contributed by atoms with E-state index >= 15 is 0 Å². The van der Waals surface area contributed by atoms with Crippen molar-refractivity contribution in [3.8, 4) is 11.5 Å². The van der Waals surface area contributed by atoms with Crippen LogP contribution in [0.1, 0.15) is 91.2 Å². The zero-order valence-electron chi connectivity index (χ0n) is 24.0. The Kier molecular flexibility index (Phi) is 9.23. The molecule has 1 amide bonds. The van der Waals surface area contributed by atoms with Crippen molar-refractivity contribution in [3.63, 3.8) is 0 Å². The number of carbonyl (C=O) groups is 1. The van der Waals surface area contributed by atoms with Crippen LogP contribution in [0, 0.1) is 11.3 Å². The number of benzene rings is 2. The second kappa shape index (κ2) is 11.7. The van der Waals surface area contributed by atoms with Crippen molar-refractivity contribution < 1.29 is 14.3 Å². The Hall–Kier alpha value is -2.24. The number of para-hydroxylation sites is 1. The molecule has 2 aromatic carbocycles. The summed E-state index contributed by atoms with van der Waals surface area (Å²) in [5.74, 6) is 2.46. The highest BCUT2D eigenvalue weighted by Gasteiger charge is 2.45. The van der Waals surface area contributed by atoms with Gasteiger partial charge in [-0.2, -0.15) is 0 Å². The highest BCUT2D eigenvalue weighted by atomic mass is 35.5. The predicted octanol–water partition coefficient (Wildman–Crippen LogP) is 8.58. The van der Waals surface area contributed by atoms with Crippen molar-refractivity contribution in [1.82, 2.24) is 10.2 Å². The van der Waals surface area contributed by atoms with E-state index in [0.29, 0.717) is 17.5 Å². The van der Waals surface area contributed by atoms with Gasteiger partial charge in [0.1, 0.15) is 11.5 Å². The van der Waals surface area contributed by atoms with Crippen molar-refractivity contribution in [3.05, 3.63) is 58.6 Å². The summed E-state index contributed by atoms with van der Waals surface area (Å²) in [6.45, 7) is 17.7. The summed E-state index contributed by atoms with van der Waals surface area (Å²) in [5, 5.41) is 4.17. The quantitative estimate of drug-likeness (QED) is 0.331. The van der Waals surface area contributed by atoms with E-state index in [9.17, 15) is 4.79 Å². The summed E-state index contributed by atoms with van der Waals surface area (Å²) in [7, 11) is 1.83. The van der Waals surface area contributed by atoms with Crippen LogP contribution in [0.25, 0.3) is 0 Å². The molecule has 0 spiro atoms. The van der Waals surface area contributed by atoms with Crippen LogP contribution < -0.4 is 10.1 Å². The van der Waals surface area contributed by atoms with Gasteiger partial charge in [0.05, 0.1) is 0 Å². The SMILES string of the molecule is CCCC1c2ccccc2Oc2ccc(Cl)cc2C1CNC(C)OC(=O)N(C)C(C)(C)C(C)(C)C(C)C. The van der Waals surface area contributed by atoms with Crippen molar-refractivity contribution in [2.45, 2.75) is 91.8 Å². The van der Waals surface area contributed by atoms with Crippen LogP contribution in [0.3, 0.4) is 0 Å². The third-order valence-corrected chi connectivity index (χ3v) is 9.27. The van der Waals surface area contributed by atoms with Gasteiger partial charge < -0.3 is 14.4 Å². The number of nitrogens with zero attached hydrogens (tertiary/aromatic N) is 1. The lowest BCUT2D eigenvalue weighted by Crippen LogP contribution is -2.57. The number of ether oxygens (including phenoxy) is 2. The highest BCUT2D eigenvalue weighted by molar-refractivity contribution is 6.30. The maximum absolute atomic E-state index is 13.2. The molecule has 0 bridgehead atoms. The number of amides is 1. The van der Waals surface area contributed by atoms with Crippen molar-refractivity contribution in [2.75, 3.05) is 13.6 Å². The molecule has 37 heavy (non-hydrogen) atoms. The molecule has 2 aromatic rings. The number of fused-ring (bicyclic) bond motifs is 2. The van der Waals surface area contributed by atoms with Crippen LogP contribution in [0.15, 0.2) is 42.5 Å². The lowest BCUT2D eigenvalue weighted by atomic mass is 9.66. The summed E-state index contributed by atoms with van der Waals surface area (Å²) < 4.78 is 12.3. The van der Waals surface area contributed by atoms with E-state index in [0.717, 1.165) is 29.9 Å². The molecular formula is C31H45ClN2O3. The van der Waals surface area contributed by atoms with Crippen LogP contribution in [0.4, 0.5) is 4.79 Å². The largest absolute Gasteiger partial charge is 0.457 e. The summed E-state index contributed by atoms with van der Waals surface area (Å²) in [5.41, 5.74) is 1.79. The van der Waals surface area contributed by atoms with E-state index in [2.05, 4.69) is 65.9 Å². The van der Waals surface area contributed by atoms with Crippen molar-refractivity contribution >= 4 is 17.7 Å². The maximum atomic E-state index is 13.2. The molecule has 0 aromatic heterocycles. The lowest BCUT2D eigenvalue weighted by Gasteiger charge is -2.49. The molecular weight excluding hydrogens is 484 g/mol. The summed E-state index contributed by atoms with van der Waals surface area (Å²) in [6.07, 6.45) is 1.26. The third kappa shape index (κ3) is 6.09. The molecule has 3 unspecified atom stereocenters. The molecule has 0 radical (unpaired) electrons. The van der Waals surface area contributed by atoms with Gasteiger partial charge in [0.15, 0.2) is 6.23 Å². The van der Waals surface area contributed by atoms with Gasteiger partial charge in [-0.25, -0.2) is 4.79 Å². The first kappa shape index (κ1) is 29.3. The summed E-state index contributed by atoms with van der Waals surface area (Å²) in [4.78, 5) is 14.9. The number of nitrogens with one attached hydrogen (secondary N) is 1. The molecule has 1 N–H and O–H groups in total. The van der Waals surface area contributed by atoms with E-state index in [1.54, 1.807) is 4.90 Å². The van der Waals surface area contributed by atoms with Gasteiger partial charge in [-0.1, -0.05) is 70.8 Å². The summed E-state index contributed by atoms with van der Waals surface area (Å²) in [6, 6.07) is 14.1. The number of rotatable bonds is 9. The zero-order chi connectivity index (χ0) is 27.5. The average molecular weight is 529 g/mol. The maximum Gasteiger partial charge on any atom is 0.411 e. The average Bonchev–Trinajstić information content (AvgIpc) is 2.96. The van der Waals surface area contributed by atoms with Crippen LogP contribution in [-0.2, 0) is 4.74 Å². The van der Waals surface area contributed by atoms with E-state index in [1.807, 2.05) is 44.3 Å². The van der Waals surface area contributed by atoms with Crippen LogP contribution >= 0.6 is 11.6 Å². The second-order valence-electron chi connectivity index (χ2n) is 11.8. The van der Waals surface area contributed by atoms with Gasteiger partial charge in [0, 0.05) is 35.6 Å². The van der Waals surface area contributed by atoms with Gasteiger partial charge in [-0.05, 0) is 74.3 Å². The van der Waals surface area contributed by atoms with E-state index in [4.69, 9.17) is 21.1 Å². The molecule has 204 valence electrons. The molecule has 1 aliphatic rings. The van der Waals surface area contributed by atoms with Crippen LogP contribution in [0.2, 0.25) is 5.02 Å². The molecule has 5 nitrogen and oxygen atoms in total. The summed E-state index contributed by atoms with van der Waals surface area (Å²) >= 11 is 6.45. The van der Waals surface area contributed by atoms with Gasteiger partial charge in [0.25, 0.3) is 0 Å². The van der Waals surface area contributed by atoms with E-state index < -0.39 is 6.23 Å². The minimum absolute atomic E-state index is 0.0957. The Balaban J connectivity index is 1.81. The standard InChI is InChI=1S/C31H45ClN2O3/c1-10-13-23-24-14-11-12-15-27(24)37-28-17-16-22(32)18-25(28)26(23)19-33-21(4)36-29(35)34(9)31(7,8)30(5,6)20(2)3/h11-12,14-18,20-21,23,26,33H,10,13,19H2,1-9H3. The Morgan fingerprint density at radius 3 is 2.35 bits per heavy atom. The Bertz CT molecular complexity index is 1080. The van der Waals surface area contributed by atoms with E-state index in [-0.39, 0.29) is 28.9 Å². The monoisotopic (exact) mass is 528 g/mol.